The maximum atomic E-state index is 11.4. The molecule has 0 saturated carbocycles. The molecule has 16 heavy (non-hydrogen) atoms. The van der Waals surface area contributed by atoms with Gasteiger partial charge in [-0.25, -0.2) is 9.78 Å². The monoisotopic (exact) mass is 242 g/mol. The summed E-state index contributed by atoms with van der Waals surface area (Å²) in [5, 5.41) is 9.44. The van der Waals surface area contributed by atoms with Crippen LogP contribution < -0.4 is 5.73 Å². The number of esters is 1. The lowest BCUT2D eigenvalue weighted by Gasteiger charge is -2.11. The molecule has 0 amide bonds. The Kier molecular flexibility index (Phi) is 4.57. The highest BCUT2D eigenvalue weighted by molar-refractivity contribution is 8.00. The van der Waals surface area contributed by atoms with Crippen LogP contribution in [0.2, 0.25) is 0 Å². The van der Waals surface area contributed by atoms with Crippen molar-refractivity contribution >= 4 is 23.4 Å². The summed E-state index contributed by atoms with van der Waals surface area (Å²) >= 11 is 1.32. The largest absolute Gasteiger partial charge is 0.465 e. The molecule has 1 atom stereocenters. The number of pyridine rings is 1. The van der Waals surface area contributed by atoms with E-state index in [-0.39, 0.29) is 11.9 Å². The number of carbonyl (C=O) groups excluding carboxylic acids is 1. The van der Waals surface area contributed by atoms with Gasteiger partial charge in [-0.05, 0) is 6.07 Å². The van der Waals surface area contributed by atoms with Gasteiger partial charge in [-0.15, -0.1) is 0 Å². The highest BCUT2D eigenvalue weighted by Crippen LogP contribution is 2.28. The molecule has 1 aromatic heterocycles. The first kappa shape index (κ1) is 12.8. The van der Waals surface area contributed by atoms with Crippen molar-refractivity contribution in [3.8, 4) is 0 Å². The van der Waals surface area contributed by atoms with E-state index < -0.39 is 5.97 Å². The van der Waals surface area contributed by atoms with Crippen LogP contribution in [0, 0.1) is 0 Å². The summed E-state index contributed by atoms with van der Waals surface area (Å²) in [4.78, 5) is 15.4. The van der Waals surface area contributed by atoms with Crippen molar-refractivity contribution in [2.45, 2.75) is 17.2 Å². The maximum absolute atomic E-state index is 11.4. The number of anilines is 1. The Labute approximate surface area is 98.0 Å². The zero-order valence-corrected chi connectivity index (χ0v) is 9.95. The topological polar surface area (TPSA) is 85.4 Å². The lowest BCUT2D eigenvalue weighted by atomic mass is 10.2. The second-order valence-corrected chi connectivity index (χ2v) is 4.61. The number of rotatable bonds is 4. The number of aliphatic hydroxyl groups is 1. The van der Waals surface area contributed by atoms with Crippen LogP contribution in [-0.4, -0.2) is 35.0 Å². The fraction of sp³-hybridized carbons (Fsp3) is 0.400. The predicted molar refractivity (Wildman–Crippen MR) is 62.4 cm³/mol. The Hall–Kier alpha value is -1.27. The van der Waals surface area contributed by atoms with E-state index in [1.54, 1.807) is 0 Å². The molecule has 0 fully saturated rings. The number of methoxy groups -OCH3 is 1. The Bertz CT molecular complexity index is 384. The Morgan fingerprint density at radius 3 is 3.00 bits per heavy atom. The van der Waals surface area contributed by atoms with E-state index in [1.165, 1.54) is 31.1 Å². The molecule has 1 rings (SSSR count). The highest BCUT2D eigenvalue weighted by atomic mass is 32.2. The first-order valence-electron chi connectivity index (χ1n) is 4.70. The summed E-state index contributed by atoms with van der Waals surface area (Å²) in [6.07, 6.45) is 1.50. The SMILES string of the molecule is COC(=O)c1ccnc(SC(C)CO)c1N. The minimum atomic E-state index is -0.488. The number of nitrogens with two attached hydrogens (primary N) is 1. The van der Waals surface area contributed by atoms with E-state index >= 15 is 0 Å². The smallest absolute Gasteiger partial charge is 0.340 e. The van der Waals surface area contributed by atoms with Crippen LogP contribution in [0.1, 0.15) is 17.3 Å². The minimum Gasteiger partial charge on any atom is -0.465 e. The van der Waals surface area contributed by atoms with Crippen LogP contribution in [0.25, 0.3) is 0 Å². The van der Waals surface area contributed by atoms with Gasteiger partial charge in [-0.1, -0.05) is 18.7 Å². The maximum Gasteiger partial charge on any atom is 0.340 e. The van der Waals surface area contributed by atoms with Crippen molar-refractivity contribution < 1.29 is 14.6 Å². The summed E-state index contributed by atoms with van der Waals surface area (Å²) in [5.41, 5.74) is 6.38. The van der Waals surface area contributed by atoms with Crippen LogP contribution in [-0.2, 0) is 4.74 Å². The standard InChI is InChI=1S/C10H14N2O3S/c1-6(5-13)16-9-8(11)7(3-4-12-9)10(14)15-2/h3-4,6,13H,5,11H2,1-2H3. The van der Waals surface area contributed by atoms with Gasteiger partial charge >= 0.3 is 5.97 Å². The van der Waals surface area contributed by atoms with Gasteiger partial charge in [0.15, 0.2) is 0 Å². The number of aromatic nitrogens is 1. The number of nitrogens with zero attached hydrogens (tertiary/aromatic N) is 1. The molecule has 0 spiro atoms. The van der Waals surface area contributed by atoms with Crippen LogP contribution in [0.5, 0.6) is 0 Å². The third-order valence-corrected chi connectivity index (χ3v) is 3.03. The molecule has 0 radical (unpaired) electrons. The molecule has 88 valence electrons. The molecule has 1 aromatic rings. The third-order valence-electron chi connectivity index (χ3n) is 1.93. The first-order chi connectivity index (χ1) is 7.60. The summed E-state index contributed by atoms with van der Waals surface area (Å²) in [6.45, 7) is 1.87. The zero-order valence-electron chi connectivity index (χ0n) is 9.14. The van der Waals surface area contributed by atoms with Crippen molar-refractivity contribution in [3.63, 3.8) is 0 Å². The number of aliphatic hydroxyl groups excluding tert-OH is 1. The molecule has 0 aliphatic rings. The van der Waals surface area contributed by atoms with Gasteiger partial charge in [-0.3, -0.25) is 0 Å². The van der Waals surface area contributed by atoms with Gasteiger partial charge < -0.3 is 15.6 Å². The lowest BCUT2D eigenvalue weighted by molar-refractivity contribution is 0.0601. The number of hydrogen-bond acceptors (Lipinski definition) is 6. The number of thioether (sulfide) groups is 1. The predicted octanol–water partition coefficient (Wildman–Crippen LogP) is 0.923. The first-order valence-corrected chi connectivity index (χ1v) is 5.58. The average molecular weight is 242 g/mol. The van der Waals surface area contributed by atoms with Crippen molar-refractivity contribution in [3.05, 3.63) is 17.8 Å². The molecule has 0 bridgehead atoms. The lowest BCUT2D eigenvalue weighted by Crippen LogP contribution is -2.09. The zero-order chi connectivity index (χ0) is 12.1. The molecule has 0 saturated heterocycles. The normalized spacial score (nSPS) is 12.2. The Morgan fingerprint density at radius 1 is 1.75 bits per heavy atom. The van der Waals surface area contributed by atoms with Gasteiger partial charge in [0.05, 0.1) is 25.0 Å². The molecule has 0 aromatic carbocycles. The molecule has 3 N–H and O–H groups in total. The Morgan fingerprint density at radius 2 is 2.44 bits per heavy atom. The second-order valence-electron chi connectivity index (χ2n) is 3.18. The van der Waals surface area contributed by atoms with E-state index in [1.807, 2.05) is 6.92 Å². The van der Waals surface area contributed by atoms with Gasteiger partial charge in [0.25, 0.3) is 0 Å². The molecular weight excluding hydrogens is 228 g/mol. The summed E-state index contributed by atoms with van der Waals surface area (Å²) in [7, 11) is 1.30. The Balaban J connectivity index is 2.99. The number of hydrogen-bond donors (Lipinski definition) is 2. The third kappa shape index (κ3) is 2.86. The molecular formula is C10H14N2O3S. The molecule has 0 aliphatic carbocycles. The van der Waals surface area contributed by atoms with Crippen molar-refractivity contribution in [2.24, 2.45) is 0 Å². The second kappa shape index (κ2) is 5.72. The van der Waals surface area contributed by atoms with Gasteiger partial charge in [0.2, 0.25) is 0 Å². The molecule has 0 aliphatic heterocycles. The van der Waals surface area contributed by atoms with Crippen LogP contribution in [0.4, 0.5) is 5.69 Å². The summed E-state index contributed by atoms with van der Waals surface area (Å²) in [5.74, 6) is -0.488. The van der Waals surface area contributed by atoms with Crippen molar-refractivity contribution in [1.29, 1.82) is 0 Å². The number of carbonyl (C=O) groups is 1. The van der Waals surface area contributed by atoms with E-state index in [0.717, 1.165) is 0 Å². The average Bonchev–Trinajstić information content (AvgIpc) is 2.30. The van der Waals surface area contributed by atoms with Gasteiger partial charge in [0, 0.05) is 11.4 Å². The van der Waals surface area contributed by atoms with E-state index in [2.05, 4.69) is 9.72 Å². The molecule has 5 nitrogen and oxygen atoms in total. The summed E-state index contributed by atoms with van der Waals surface area (Å²) < 4.78 is 4.60. The number of ether oxygens (including phenoxy) is 1. The fourth-order valence-electron chi connectivity index (χ4n) is 1.06. The molecule has 6 heteroatoms. The number of nitrogen functional groups attached to an aromatic ring is 1. The quantitative estimate of drug-likeness (QED) is 0.603. The molecule has 1 unspecified atom stereocenters. The van der Waals surface area contributed by atoms with Crippen LogP contribution in [0.15, 0.2) is 17.3 Å². The summed E-state index contributed by atoms with van der Waals surface area (Å²) in [6, 6.07) is 1.51. The van der Waals surface area contributed by atoms with Crippen molar-refractivity contribution in [2.75, 3.05) is 19.5 Å². The van der Waals surface area contributed by atoms with Gasteiger partial charge in [-0.2, -0.15) is 0 Å². The van der Waals surface area contributed by atoms with Crippen LogP contribution in [0.3, 0.4) is 0 Å². The molecule has 1 heterocycles. The van der Waals surface area contributed by atoms with Gasteiger partial charge in [0.1, 0.15) is 5.03 Å². The fourth-order valence-corrected chi connectivity index (χ4v) is 1.88. The van der Waals surface area contributed by atoms with E-state index in [4.69, 9.17) is 10.8 Å². The van der Waals surface area contributed by atoms with Crippen LogP contribution >= 0.6 is 11.8 Å². The highest BCUT2D eigenvalue weighted by Gasteiger charge is 2.15. The van der Waals surface area contributed by atoms with Crippen molar-refractivity contribution in [1.82, 2.24) is 4.98 Å². The van der Waals surface area contributed by atoms with E-state index in [9.17, 15) is 4.79 Å². The van der Waals surface area contributed by atoms with E-state index in [0.29, 0.717) is 16.3 Å². The minimum absolute atomic E-state index is 0.0221.